The number of carbonyl (C=O) groups excluding carboxylic acids is 1. The number of carboxylic acids is 1. The summed E-state index contributed by atoms with van der Waals surface area (Å²) in [7, 11) is 1.52. The maximum atomic E-state index is 12.0. The molecule has 0 aliphatic heterocycles. The first-order valence-electron chi connectivity index (χ1n) is 5.54. The third kappa shape index (κ3) is 3.06. The minimum absolute atomic E-state index is 0.265. The average molecular weight is 235 g/mol. The van der Waals surface area contributed by atoms with Gasteiger partial charge in [0, 0.05) is 12.6 Å². The molecule has 92 valence electrons. The average Bonchev–Trinajstić information content (AvgIpc) is 2.29. The van der Waals surface area contributed by atoms with Gasteiger partial charge in [0.25, 0.3) is 5.91 Å². The van der Waals surface area contributed by atoms with Gasteiger partial charge >= 0.3 is 5.97 Å². The van der Waals surface area contributed by atoms with Crippen molar-refractivity contribution in [3.63, 3.8) is 0 Å². The first-order valence-corrected chi connectivity index (χ1v) is 5.54. The van der Waals surface area contributed by atoms with Crippen LogP contribution in [0.1, 0.15) is 29.3 Å². The van der Waals surface area contributed by atoms with Crippen molar-refractivity contribution >= 4 is 11.9 Å². The summed E-state index contributed by atoms with van der Waals surface area (Å²) in [5, 5.41) is 8.99. The number of aliphatic carboxylic acids is 1. The van der Waals surface area contributed by atoms with E-state index >= 15 is 0 Å². The van der Waals surface area contributed by atoms with Crippen LogP contribution in [0.2, 0.25) is 0 Å². The van der Waals surface area contributed by atoms with Crippen LogP contribution in [0.3, 0.4) is 0 Å². The van der Waals surface area contributed by atoms with E-state index in [-0.39, 0.29) is 5.91 Å². The first-order chi connectivity index (χ1) is 7.97. The molecule has 17 heavy (non-hydrogen) atoms. The van der Waals surface area contributed by atoms with Crippen molar-refractivity contribution in [3.8, 4) is 0 Å². The number of hydrogen-bond acceptors (Lipinski definition) is 2. The van der Waals surface area contributed by atoms with Crippen molar-refractivity contribution in [2.75, 3.05) is 7.05 Å². The lowest BCUT2D eigenvalue weighted by Crippen LogP contribution is -2.41. The fourth-order valence-corrected chi connectivity index (χ4v) is 1.66. The molecule has 0 fully saturated rings. The number of rotatable bonds is 4. The summed E-state index contributed by atoms with van der Waals surface area (Å²) in [6, 6.07) is 6.32. The third-order valence-electron chi connectivity index (χ3n) is 2.76. The fraction of sp³-hybridized carbons (Fsp3) is 0.385. The Bertz CT molecular complexity index is 411. The summed E-state index contributed by atoms with van der Waals surface area (Å²) >= 11 is 0. The van der Waals surface area contributed by atoms with E-state index in [1.165, 1.54) is 11.9 Å². The second kappa shape index (κ2) is 5.48. The predicted octanol–water partition coefficient (Wildman–Crippen LogP) is 1.93. The highest BCUT2D eigenvalue weighted by Crippen LogP contribution is 2.10. The van der Waals surface area contributed by atoms with Crippen LogP contribution in [0.15, 0.2) is 24.3 Å². The van der Waals surface area contributed by atoms with E-state index in [4.69, 9.17) is 5.11 Å². The smallest absolute Gasteiger partial charge is 0.326 e. The molecule has 0 aromatic heterocycles. The Hall–Kier alpha value is -1.84. The molecule has 1 rings (SSSR count). The zero-order chi connectivity index (χ0) is 13.0. The van der Waals surface area contributed by atoms with E-state index in [0.29, 0.717) is 12.0 Å². The van der Waals surface area contributed by atoms with Gasteiger partial charge < -0.3 is 10.0 Å². The van der Waals surface area contributed by atoms with Crippen molar-refractivity contribution in [2.24, 2.45) is 0 Å². The Kier molecular flexibility index (Phi) is 4.26. The van der Waals surface area contributed by atoms with Gasteiger partial charge in [0.2, 0.25) is 0 Å². The van der Waals surface area contributed by atoms with Gasteiger partial charge in [-0.05, 0) is 25.5 Å². The van der Waals surface area contributed by atoms with Gasteiger partial charge in [-0.3, -0.25) is 4.79 Å². The van der Waals surface area contributed by atoms with Crippen LogP contribution >= 0.6 is 0 Å². The lowest BCUT2D eigenvalue weighted by molar-refractivity contribution is -0.142. The summed E-state index contributed by atoms with van der Waals surface area (Å²) in [6.45, 7) is 3.68. The van der Waals surface area contributed by atoms with Gasteiger partial charge in [0.05, 0.1) is 0 Å². The number of carbonyl (C=O) groups is 2. The normalized spacial score (nSPS) is 11.9. The number of nitrogens with zero attached hydrogens (tertiary/aromatic N) is 1. The summed E-state index contributed by atoms with van der Waals surface area (Å²) in [5.41, 5.74) is 1.58. The van der Waals surface area contributed by atoms with Crippen LogP contribution in [0.25, 0.3) is 0 Å². The Morgan fingerprint density at radius 3 is 2.24 bits per heavy atom. The number of carboxylic acid groups (broad SMARTS) is 1. The highest BCUT2D eigenvalue weighted by molar-refractivity contribution is 5.96. The fourth-order valence-electron chi connectivity index (χ4n) is 1.66. The first kappa shape index (κ1) is 13.2. The number of amides is 1. The van der Waals surface area contributed by atoms with E-state index in [2.05, 4.69) is 0 Å². The molecule has 1 atom stereocenters. The van der Waals surface area contributed by atoms with Crippen LogP contribution in [0, 0.1) is 6.92 Å². The molecular weight excluding hydrogens is 218 g/mol. The Morgan fingerprint density at radius 2 is 1.82 bits per heavy atom. The van der Waals surface area contributed by atoms with E-state index in [9.17, 15) is 9.59 Å². The highest BCUT2D eigenvalue weighted by Gasteiger charge is 2.25. The van der Waals surface area contributed by atoms with Gasteiger partial charge in [-0.1, -0.05) is 24.6 Å². The van der Waals surface area contributed by atoms with Crippen molar-refractivity contribution in [3.05, 3.63) is 35.4 Å². The highest BCUT2D eigenvalue weighted by atomic mass is 16.4. The molecule has 4 heteroatoms. The van der Waals surface area contributed by atoms with Gasteiger partial charge in [-0.15, -0.1) is 0 Å². The lowest BCUT2D eigenvalue weighted by Gasteiger charge is -2.23. The number of aryl methyl sites for hydroxylation is 1. The number of benzene rings is 1. The van der Waals surface area contributed by atoms with E-state index < -0.39 is 12.0 Å². The summed E-state index contributed by atoms with van der Waals surface area (Å²) < 4.78 is 0. The molecule has 0 heterocycles. The predicted molar refractivity (Wildman–Crippen MR) is 65.0 cm³/mol. The van der Waals surface area contributed by atoms with E-state index in [1.54, 1.807) is 19.1 Å². The zero-order valence-corrected chi connectivity index (χ0v) is 10.3. The van der Waals surface area contributed by atoms with Gasteiger partial charge in [0.1, 0.15) is 6.04 Å². The van der Waals surface area contributed by atoms with Crippen LogP contribution in [-0.4, -0.2) is 35.0 Å². The van der Waals surface area contributed by atoms with Gasteiger partial charge in [-0.2, -0.15) is 0 Å². The van der Waals surface area contributed by atoms with Crippen molar-refractivity contribution in [1.29, 1.82) is 0 Å². The molecule has 0 saturated carbocycles. The molecule has 0 radical (unpaired) electrons. The number of hydrogen-bond donors (Lipinski definition) is 1. The maximum absolute atomic E-state index is 12.0. The topological polar surface area (TPSA) is 57.6 Å². The minimum Gasteiger partial charge on any atom is -0.480 e. The second-order valence-electron chi connectivity index (χ2n) is 4.04. The monoisotopic (exact) mass is 235 g/mol. The largest absolute Gasteiger partial charge is 0.480 e. The van der Waals surface area contributed by atoms with Crippen LogP contribution in [-0.2, 0) is 4.79 Å². The summed E-state index contributed by atoms with van der Waals surface area (Å²) in [4.78, 5) is 24.3. The van der Waals surface area contributed by atoms with Crippen LogP contribution in [0.5, 0.6) is 0 Å². The lowest BCUT2D eigenvalue weighted by atomic mass is 10.1. The number of likely N-dealkylation sites (N-methyl/N-ethyl adjacent to an activating group) is 1. The van der Waals surface area contributed by atoms with Crippen LogP contribution < -0.4 is 0 Å². The Morgan fingerprint density at radius 1 is 1.29 bits per heavy atom. The molecule has 0 aliphatic carbocycles. The van der Waals surface area contributed by atoms with Gasteiger partial charge in [0.15, 0.2) is 0 Å². The van der Waals surface area contributed by atoms with Crippen molar-refractivity contribution in [2.45, 2.75) is 26.3 Å². The van der Waals surface area contributed by atoms with E-state index in [0.717, 1.165) is 5.56 Å². The molecule has 1 unspecified atom stereocenters. The second-order valence-corrected chi connectivity index (χ2v) is 4.04. The Labute approximate surface area is 101 Å². The quantitative estimate of drug-likeness (QED) is 0.867. The maximum Gasteiger partial charge on any atom is 0.326 e. The summed E-state index contributed by atoms with van der Waals surface area (Å²) in [5.74, 6) is -1.24. The minimum atomic E-state index is -0.976. The molecule has 0 spiro atoms. The van der Waals surface area contributed by atoms with E-state index in [1.807, 2.05) is 19.1 Å². The van der Waals surface area contributed by atoms with Crippen molar-refractivity contribution in [1.82, 2.24) is 4.90 Å². The molecule has 4 nitrogen and oxygen atoms in total. The van der Waals surface area contributed by atoms with Crippen molar-refractivity contribution < 1.29 is 14.7 Å². The SMILES string of the molecule is CCC(C(=O)O)N(C)C(=O)c1ccc(C)cc1. The molecule has 0 bridgehead atoms. The summed E-state index contributed by atoms with van der Waals surface area (Å²) in [6.07, 6.45) is 0.392. The molecule has 0 saturated heterocycles. The van der Waals surface area contributed by atoms with Crippen LogP contribution in [0.4, 0.5) is 0 Å². The molecule has 1 amide bonds. The molecule has 1 aromatic rings. The molecule has 0 aliphatic rings. The Balaban J connectivity index is 2.89. The zero-order valence-electron chi connectivity index (χ0n) is 10.3. The molecule has 1 aromatic carbocycles. The third-order valence-corrected chi connectivity index (χ3v) is 2.76. The van der Waals surface area contributed by atoms with Gasteiger partial charge in [-0.25, -0.2) is 4.79 Å². The molecular formula is C13H17NO3. The standard InChI is InChI=1S/C13H17NO3/c1-4-11(13(16)17)14(3)12(15)10-7-5-9(2)6-8-10/h5-8,11H,4H2,1-3H3,(H,16,17). The molecule has 1 N–H and O–H groups in total.